The van der Waals surface area contributed by atoms with Gasteiger partial charge >= 0.3 is 0 Å². The van der Waals surface area contributed by atoms with Gasteiger partial charge in [-0.1, -0.05) is 42.1 Å². The summed E-state index contributed by atoms with van der Waals surface area (Å²) in [5.74, 6) is -0.318. The van der Waals surface area contributed by atoms with E-state index in [0.29, 0.717) is 16.3 Å². The van der Waals surface area contributed by atoms with Crippen molar-refractivity contribution in [3.63, 3.8) is 0 Å². The third-order valence-corrected chi connectivity index (χ3v) is 4.67. The molecular weight excluding hydrogens is 374 g/mol. The number of ether oxygens (including phenoxy) is 1. The van der Waals surface area contributed by atoms with Crippen LogP contribution in [0.3, 0.4) is 0 Å². The zero-order chi connectivity index (χ0) is 19.8. The molecule has 28 heavy (non-hydrogen) atoms. The summed E-state index contributed by atoms with van der Waals surface area (Å²) in [4.78, 5) is 29.6. The molecule has 0 spiro atoms. The number of aromatic nitrogens is 1. The zero-order valence-corrected chi connectivity index (χ0v) is 16.0. The first kappa shape index (κ1) is 19.4. The van der Waals surface area contributed by atoms with Gasteiger partial charge in [-0.15, -0.1) is 0 Å². The molecule has 0 saturated carbocycles. The van der Waals surface area contributed by atoms with E-state index in [0.717, 1.165) is 10.5 Å². The molecule has 3 aromatic rings. The average Bonchev–Trinajstić information content (AvgIpc) is 2.72. The fraction of sp³-hybridized carbons (Fsp3) is 0.0952. The summed E-state index contributed by atoms with van der Waals surface area (Å²) in [6.45, 7) is 1.73. The van der Waals surface area contributed by atoms with E-state index >= 15 is 0 Å². The maximum absolute atomic E-state index is 12.5. The van der Waals surface area contributed by atoms with Crippen molar-refractivity contribution in [3.05, 3.63) is 84.1 Å². The molecule has 1 aromatic heterocycles. The number of nitrogens with one attached hydrogen (secondary N) is 2. The van der Waals surface area contributed by atoms with Gasteiger partial charge in [-0.05, 0) is 48.9 Å². The van der Waals surface area contributed by atoms with E-state index in [-0.39, 0.29) is 6.61 Å². The van der Waals surface area contributed by atoms with E-state index < -0.39 is 11.8 Å². The Kier molecular flexibility index (Phi) is 6.64. The second-order valence-corrected chi connectivity index (χ2v) is 6.94. The Morgan fingerprint density at radius 3 is 2.61 bits per heavy atom. The molecule has 2 aromatic carbocycles. The molecule has 1 heterocycles. The number of pyridine rings is 1. The van der Waals surface area contributed by atoms with Crippen LogP contribution < -0.4 is 15.6 Å². The predicted octanol–water partition coefficient (Wildman–Crippen LogP) is 3.38. The maximum atomic E-state index is 12.5. The average molecular weight is 393 g/mol. The Bertz CT molecular complexity index is 964. The van der Waals surface area contributed by atoms with E-state index in [1.54, 1.807) is 24.4 Å². The van der Waals surface area contributed by atoms with Gasteiger partial charge in [0.15, 0.2) is 6.61 Å². The highest BCUT2D eigenvalue weighted by Gasteiger charge is 2.14. The third kappa shape index (κ3) is 5.59. The molecule has 0 aliphatic rings. The molecule has 0 fully saturated rings. The van der Waals surface area contributed by atoms with Crippen LogP contribution >= 0.6 is 11.8 Å². The molecule has 0 bridgehead atoms. The summed E-state index contributed by atoms with van der Waals surface area (Å²) in [6, 6.07) is 20.3. The first-order valence-corrected chi connectivity index (χ1v) is 9.40. The molecule has 7 heteroatoms. The van der Waals surface area contributed by atoms with Gasteiger partial charge in [-0.2, -0.15) is 0 Å². The second-order valence-electron chi connectivity index (χ2n) is 5.88. The monoisotopic (exact) mass is 393 g/mol. The number of aryl methyl sites for hydroxylation is 1. The van der Waals surface area contributed by atoms with Gasteiger partial charge in [0.05, 0.1) is 5.56 Å². The first-order valence-electron chi connectivity index (χ1n) is 8.58. The summed E-state index contributed by atoms with van der Waals surface area (Å²) in [6.07, 6.45) is 1.62. The van der Waals surface area contributed by atoms with Crippen molar-refractivity contribution in [1.29, 1.82) is 0 Å². The van der Waals surface area contributed by atoms with E-state index in [1.807, 2.05) is 55.5 Å². The van der Waals surface area contributed by atoms with Crippen LogP contribution in [0.1, 0.15) is 15.9 Å². The van der Waals surface area contributed by atoms with Gasteiger partial charge in [0.2, 0.25) is 0 Å². The van der Waals surface area contributed by atoms with Crippen molar-refractivity contribution in [1.82, 2.24) is 15.8 Å². The lowest BCUT2D eigenvalue weighted by molar-refractivity contribution is -0.123. The standard InChI is InChI=1S/C21H19N3O3S/c1-15-7-5-8-16(13-15)27-14-19(25)23-24-20(26)18-11-6-12-22-21(18)28-17-9-3-2-4-10-17/h2-13H,14H2,1H3,(H,23,25)(H,24,26). The molecule has 2 amide bonds. The number of rotatable bonds is 6. The highest BCUT2D eigenvalue weighted by molar-refractivity contribution is 7.99. The Hall–Kier alpha value is -3.32. The summed E-state index contributed by atoms with van der Waals surface area (Å²) in [5.41, 5.74) is 6.16. The molecule has 0 aliphatic heterocycles. The van der Waals surface area contributed by atoms with E-state index in [9.17, 15) is 9.59 Å². The number of hydrogen-bond donors (Lipinski definition) is 2. The minimum Gasteiger partial charge on any atom is -0.484 e. The number of hydrazine groups is 1. The van der Waals surface area contributed by atoms with Gasteiger partial charge in [-0.3, -0.25) is 20.4 Å². The predicted molar refractivity (Wildman–Crippen MR) is 107 cm³/mol. The van der Waals surface area contributed by atoms with Crippen molar-refractivity contribution >= 4 is 23.6 Å². The van der Waals surface area contributed by atoms with Crippen LogP contribution in [-0.4, -0.2) is 23.4 Å². The van der Waals surface area contributed by atoms with Crippen molar-refractivity contribution in [3.8, 4) is 5.75 Å². The largest absolute Gasteiger partial charge is 0.484 e. The smallest absolute Gasteiger partial charge is 0.276 e. The first-order chi connectivity index (χ1) is 13.6. The summed E-state index contributed by atoms with van der Waals surface area (Å²) in [7, 11) is 0. The zero-order valence-electron chi connectivity index (χ0n) is 15.2. The summed E-state index contributed by atoms with van der Waals surface area (Å²) >= 11 is 1.38. The van der Waals surface area contributed by atoms with Gasteiger partial charge in [0.1, 0.15) is 10.8 Å². The van der Waals surface area contributed by atoms with Crippen molar-refractivity contribution in [2.24, 2.45) is 0 Å². The summed E-state index contributed by atoms with van der Waals surface area (Å²) < 4.78 is 5.41. The van der Waals surface area contributed by atoms with Crippen LogP contribution in [0.2, 0.25) is 0 Å². The number of carbonyl (C=O) groups is 2. The van der Waals surface area contributed by atoms with Gasteiger partial charge in [-0.25, -0.2) is 4.98 Å². The number of nitrogens with zero attached hydrogens (tertiary/aromatic N) is 1. The van der Waals surface area contributed by atoms with Gasteiger partial charge in [0, 0.05) is 11.1 Å². The molecule has 0 atom stereocenters. The summed E-state index contributed by atoms with van der Waals surface area (Å²) in [5, 5.41) is 0.552. The quantitative estimate of drug-likeness (QED) is 0.628. The number of carbonyl (C=O) groups excluding carboxylic acids is 2. The number of hydrogen-bond acceptors (Lipinski definition) is 5. The molecule has 142 valence electrons. The molecule has 3 rings (SSSR count). The number of amides is 2. The van der Waals surface area contributed by atoms with Crippen LogP contribution in [0.15, 0.2) is 82.8 Å². The highest BCUT2D eigenvalue weighted by Crippen LogP contribution is 2.28. The number of benzene rings is 2. The molecule has 0 aliphatic carbocycles. The molecule has 6 nitrogen and oxygen atoms in total. The molecule has 0 radical (unpaired) electrons. The fourth-order valence-corrected chi connectivity index (χ4v) is 3.23. The van der Waals surface area contributed by atoms with Crippen LogP contribution in [0, 0.1) is 6.92 Å². The van der Waals surface area contributed by atoms with E-state index in [1.165, 1.54) is 11.8 Å². The minimum atomic E-state index is -0.462. The second kappa shape index (κ2) is 9.57. The fourth-order valence-electron chi connectivity index (χ4n) is 2.33. The Morgan fingerprint density at radius 1 is 1.00 bits per heavy atom. The lowest BCUT2D eigenvalue weighted by atomic mass is 10.2. The van der Waals surface area contributed by atoms with E-state index in [2.05, 4.69) is 15.8 Å². The molecule has 2 N–H and O–H groups in total. The van der Waals surface area contributed by atoms with Crippen LogP contribution in [0.25, 0.3) is 0 Å². The Morgan fingerprint density at radius 2 is 1.82 bits per heavy atom. The normalized spacial score (nSPS) is 10.2. The van der Waals surface area contributed by atoms with Gasteiger partial charge < -0.3 is 4.74 Å². The maximum Gasteiger partial charge on any atom is 0.276 e. The molecule has 0 saturated heterocycles. The Labute approximate surface area is 167 Å². The third-order valence-electron chi connectivity index (χ3n) is 3.65. The minimum absolute atomic E-state index is 0.206. The van der Waals surface area contributed by atoms with Crippen LogP contribution in [-0.2, 0) is 4.79 Å². The van der Waals surface area contributed by atoms with Crippen molar-refractivity contribution in [2.45, 2.75) is 16.8 Å². The highest BCUT2D eigenvalue weighted by atomic mass is 32.2. The Balaban J connectivity index is 1.55. The van der Waals surface area contributed by atoms with Crippen molar-refractivity contribution < 1.29 is 14.3 Å². The van der Waals surface area contributed by atoms with Gasteiger partial charge in [0.25, 0.3) is 11.8 Å². The SMILES string of the molecule is Cc1cccc(OCC(=O)NNC(=O)c2cccnc2Sc2ccccc2)c1. The van der Waals surface area contributed by atoms with Crippen LogP contribution in [0.4, 0.5) is 0 Å². The van der Waals surface area contributed by atoms with Crippen LogP contribution in [0.5, 0.6) is 5.75 Å². The lowest BCUT2D eigenvalue weighted by Gasteiger charge is -2.11. The van der Waals surface area contributed by atoms with Crippen molar-refractivity contribution in [2.75, 3.05) is 6.61 Å². The molecular formula is C21H19N3O3S. The lowest BCUT2D eigenvalue weighted by Crippen LogP contribution is -2.44. The molecule has 0 unspecified atom stereocenters. The van der Waals surface area contributed by atoms with E-state index in [4.69, 9.17) is 4.74 Å². The topological polar surface area (TPSA) is 80.3 Å².